The average Bonchev–Trinajstić information content (AvgIpc) is 2.96. The highest BCUT2D eigenvalue weighted by molar-refractivity contribution is 7.92. The molecule has 0 spiro atoms. The predicted molar refractivity (Wildman–Crippen MR) is 118 cm³/mol. The summed E-state index contributed by atoms with van der Waals surface area (Å²) in [5.41, 5.74) is 2.45. The Morgan fingerprint density at radius 1 is 1.06 bits per heavy atom. The van der Waals surface area contributed by atoms with Gasteiger partial charge in [-0.15, -0.1) is 0 Å². The van der Waals surface area contributed by atoms with Crippen molar-refractivity contribution in [3.8, 4) is 11.1 Å². The van der Waals surface area contributed by atoms with Gasteiger partial charge in [0.05, 0.1) is 10.6 Å². The number of benzene rings is 2. The highest BCUT2D eigenvalue weighted by Gasteiger charge is 2.27. The van der Waals surface area contributed by atoms with Crippen LogP contribution in [0.25, 0.3) is 11.1 Å². The van der Waals surface area contributed by atoms with Gasteiger partial charge in [0.15, 0.2) is 0 Å². The molecule has 2 heterocycles. The fourth-order valence-electron chi connectivity index (χ4n) is 3.46. The minimum atomic E-state index is -3.91. The van der Waals surface area contributed by atoms with Gasteiger partial charge in [0, 0.05) is 29.1 Å². The second-order valence-electron chi connectivity index (χ2n) is 7.26. The summed E-state index contributed by atoms with van der Waals surface area (Å²) >= 11 is 5.87. The molecule has 1 aliphatic rings. The number of aryl methyl sites for hydroxylation is 2. The molecule has 4 rings (SSSR count). The fraction of sp³-hybridized carbons (Fsp3) is 0.190. The van der Waals surface area contributed by atoms with E-state index in [0.717, 1.165) is 0 Å². The average molecular weight is 459 g/mol. The van der Waals surface area contributed by atoms with Crippen molar-refractivity contribution in [2.45, 2.75) is 31.6 Å². The Kier molecular flexibility index (Phi) is 5.32. The van der Waals surface area contributed by atoms with E-state index in [-0.39, 0.29) is 35.4 Å². The van der Waals surface area contributed by atoms with E-state index in [1.165, 1.54) is 10.7 Å². The van der Waals surface area contributed by atoms with Crippen LogP contribution in [0, 0.1) is 13.8 Å². The van der Waals surface area contributed by atoms with E-state index in [1.54, 1.807) is 50.2 Å². The van der Waals surface area contributed by atoms with Crippen LogP contribution in [-0.4, -0.2) is 30.0 Å². The molecule has 0 aliphatic carbocycles. The molecule has 2 N–H and O–H groups in total. The maximum Gasteiger partial charge on any atom is 0.262 e. The number of hydrogen-bond acceptors (Lipinski definition) is 5. The van der Waals surface area contributed by atoms with E-state index in [9.17, 15) is 18.0 Å². The number of anilines is 2. The Labute approximate surface area is 184 Å². The maximum atomic E-state index is 13.1. The van der Waals surface area contributed by atoms with Crippen LogP contribution in [0.4, 0.5) is 11.5 Å². The van der Waals surface area contributed by atoms with Gasteiger partial charge in [0.2, 0.25) is 11.8 Å². The highest BCUT2D eigenvalue weighted by Crippen LogP contribution is 2.35. The summed E-state index contributed by atoms with van der Waals surface area (Å²) in [5.74, 6) is -0.340. The first-order valence-electron chi connectivity index (χ1n) is 9.48. The van der Waals surface area contributed by atoms with Crippen molar-refractivity contribution >= 4 is 44.9 Å². The standard InChI is InChI=1S/C21H19ClN4O4S/c1-12-3-4-14(11-17(12)31(29,30)25-16-7-5-15(22)6-8-16)20-13(2)24-26-19(28)10-9-18(27)23-21(20)26/h3-8,11,25H,9-10H2,1-2H3,(H,23,27). The number of aromatic nitrogens is 2. The first kappa shape index (κ1) is 21.1. The van der Waals surface area contributed by atoms with Crippen LogP contribution >= 0.6 is 11.6 Å². The maximum absolute atomic E-state index is 13.1. The molecule has 0 bridgehead atoms. The Hall–Kier alpha value is -3.17. The molecule has 0 radical (unpaired) electrons. The number of fused-ring (bicyclic) bond motifs is 1. The minimum absolute atomic E-state index is 0.0535. The van der Waals surface area contributed by atoms with Crippen molar-refractivity contribution in [2.24, 2.45) is 0 Å². The van der Waals surface area contributed by atoms with Gasteiger partial charge in [0.25, 0.3) is 10.0 Å². The zero-order valence-electron chi connectivity index (χ0n) is 16.8. The van der Waals surface area contributed by atoms with Gasteiger partial charge < -0.3 is 5.32 Å². The molecule has 8 nitrogen and oxygen atoms in total. The third kappa shape index (κ3) is 4.06. The number of carbonyl (C=O) groups is 2. The molecule has 0 unspecified atom stereocenters. The predicted octanol–water partition coefficient (Wildman–Crippen LogP) is 3.99. The molecule has 3 aromatic rings. The van der Waals surface area contributed by atoms with Crippen molar-refractivity contribution in [3.05, 3.63) is 58.7 Å². The van der Waals surface area contributed by atoms with Crippen LogP contribution in [0.15, 0.2) is 47.4 Å². The molecule has 160 valence electrons. The summed E-state index contributed by atoms with van der Waals surface area (Å²) in [4.78, 5) is 24.5. The van der Waals surface area contributed by atoms with Crippen molar-refractivity contribution in [3.63, 3.8) is 0 Å². The lowest BCUT2D eigenvalue weighted by Gasteiger charge is -2.13. The SMILES string of the molecule is Cc1ccc(-c2c(C)nn3c2NC(=O)CCC3=O)cc1S(=O)(=O)Nc1ccc(Cl)cc1. The molecule has 10 heteroatoms. The summed E-state index contributed by atoms with van der Waals surface area (Å²) in [6.07, 6.45) is 0.122. The number of carbonyl (C=O) groups excluding carboxylic acids is 2. The van der Waals surface area contributed by atoms with Crippen LogP contribution in [0.1, 0.15) is 28.9 Å². The van der Waals surface area contributed by atoms with E-state index < -0.39 is 10.0 Å². The number of amides is 1. The second-order valence-corrected chi connectivity index (χ2v) is 9.34. The van der Waals surface area contributed by atoms with Gasteiger partial charge in [-0.25, -0.2) is 8.42 Å². The minimum Gasteiger partial charge on any atom is -0.310 e. The number of nitrogens with zero attached hydrogens (tertiary/aromatic N) is 2. The van der Waals surface area contributed by atoms with Gasteiger partial charge in [-0.1, -0.05) is 23.7 Å². The van der Waals surface area contributed by atoms with E-state index in [2.05, 4.69) is 15.1 Å². The topological polar surface area (TPSA) is 110 Å². The Morgan fingerprint density at radius 3 is 2.48 bits per heavy atom. The highest BCUT2D eigenvalue weighted by atomic mass is 35.5. The number of halogens is 1. The summed E-state index contributed by atoms with van der Waals surface area (Å²) in [6, 6.07) is 11.3. The van der Waals surface area contributed by atoms with Crippen LogP contribution in [-0.2, 0) is 14.8 Å². The third-order valence-electron chi connectivity index (χ3n) is 4.98. The Balaban J connectivity index is 1.80. The molecule has 1 amide bonds. The Morgan fingerprint density at radius 2 is 1.77 bits per heavy atom. The lowest BCUT2D eigenvalue weighted by Crippen LogP contribution is -2.14. The molecule has 0 atom stereocenters. The van der Waals surface area contributed by atoms with Crippen molar-refractivity contribution < 1.29 is 18.0 Å². The molecule has 0 fully saturated rings. The molecular formula is C21H19ClN4O4S. The summed E-state index contributed by atoms with van der Waals surface area (Å²) in [7, 11) is -3.91. The van der Waals surface area contributed by atoms with Gasteiger partial charge in [-0.2, -0.15) is 9.78 Å². The molecule has 2 aromatic carbocycles. The van der Waals surface area contributed by atoms with Crippen LogP contribution < -0.4 is 10.0 Å². The van der Waals surface area contributed by atoms with Crippen molar-refractivity contribution in [2.75, 3.05) is 10.0 Å². The van der Waals surface area contributed by atoms with E-state index in [0.29, 0.717) is 33.1 Å². The van der Waals surface area contributed by atoms with Gasteiger partial charge in [-0.3, -0.25) is 14.3 Å². The first-order valence-corrected chi connectivity index (χ1v) is 11.3. The van der Waals surface area contributed by atoms with E-state index in [4.69, 9.17) is 11.6 Å². The zero-order chi connectivity index (χ0) is 22.3. The van der Waals surface area contributed by atoms with Crippen LogP contribution in [0.5, 0.6) is 0 Å². The summed E-state index contributed by atoms with van der Waals surface area (Å²) in [5, 5.41) is 7.49. The molecule has 1 aliphatic heterocycles. The third-order valence-corrected chi connectivity index (χ3v) is 6.76. The normalized spacial score (nSPS) is 14.0. The van der Waals surface area contributed by atoms with Gasteiger partial charge >= 0.3 is 0 Å². The number of hydrogen-bond donors (Lipinski definition) is 2. The molecule has 0 saturated heterocycles. The van der Waals surface area contributed by atoms with Gasteiger partial charge in [-0.05, 0) is 55.3 Å². The summed E-state index contributed by atoms with van der Waals surface area (Å²) < 4.78 is 29.9. The number of nitrogens with one attached hydrogen (secondary N) is 2. The first-order chi connectivity index (χ1) is 14.7. The van der Waals surface area contributed by atoms with Crippen LogP contribution in [0.2, 0.25) is 5.02 Å². The monoisotopic (exact) mass is 458 g/mol. The van der Waals surface area contributed by atoms with Crippen molar-refractivity contribution in [1.29, 1.82) is 0 Å². The number of rotatable bonds is 4. The lowest BCUT2D eigenvalue weighted by atomic mass is 10.0. The smallest absolute Gasteiger partial charge is 0.262 e. The molecule has 0 saturated carbocycles. The zero-order valence-corrected chi connectivity index (χ0v) is 18.3. The largest absolute Gasteiger partial charge is 0.310 e. The van der Waals surface area contributed by atoms with Gasteiger partial charge in [0.1, 0.15) is 5.82 Å². The van der Waals surface area contributed by atoms with E-state index in [1.807, 2.05) is 0 Å². The summed E-state index contributed by atoms with van der Waals surface area (Å²) in [6.45, 7) is 3.40. The molecule has 1 aromatic heterocycles. The lowest BCUT2D eigenvalue weighted by molar-refractivity contribution is -0.116. The molecular weight excluding hydrogens is 440 g/mol. The fourth-order valence-corrected chi connectivity index (χ4v) is 4.92. The second kappa shape index (κ2) is 7.82. The molecule has 31 heavy (non-hydrogen) atoms. The van der Waals surface area contributed by atoms with E-state index >= 15 is 0 Å². The number of sulfonamides is 1. The van der Waals surface area contributed by atoms with Crippen LogP contribution in [0.3, 0.4) is 0 Å². The Bertz CT molecular complexity index is 1310. The van der Waals surface area contributed by atoms with Crippen molar-refractivity contribution in [1.82, 2.24) is 9.78 Å². The quantitative estimate of drug-likeness (QED) is 0.614.